The largest absolute Gasteiger partial charge is 0.421 e. The third-order valence-corrected chi connectivity index (χ3v) is 5.65. The second-order valence-corrected chi connectivity index (χ2v) is 7.80. The smallest absolute Gasteiger partial charge is 0.249 e. The van der Waals surface area contributed by atoms with E-state index in [4.69, 9.17) is 16.0 Å². The van der Waals surface area contributed by atoms with Crippen molar-refractivity contribution in [2.24, 2.45) is 0 Å². The van der Waals surface area contributed by atoms with E-state index in [1.165, 1.54) is 0 Å². The molecule has 0 aliphatic rings. The minimum Gasteiger partial charge on any atom is -0.421 e. The van der Waals surface area contributed by atoms with Crippen molar-refractivity contribution in [3.05, 3.63) is 65.0 Å². The Morgan fingerprint density at radius 2 is 1.81 bits per heavy atom. The molecule has 0 amide bonds. The molecule has 1 N–H and O–H groups in total. The molecule has 3 aromatic rings. The van der Waals surface area contributed by atoms with Crippen molar-refractivity contribution in [2.75, 3.05) is 6.54 Å². The number of hydrogen-bond acceptors (Lipinski definition) is 5. The van der Waals surface area contributed by atoms with Crippen molar-refractivity contribution in [3.8, 4) is 11.5 Å². The molecule has 0 saturated heterocycles. The van der Waals surface area contributed by atoms with Crippen LogP contribution < -0.4 is 4.72 Å². The Kier molecular flexibility index (Phi) is 5.70. The molecule has 0 aliphatic heterocycles. The summed E-state index contributed by atoms with van der Waals surface area (Å²) in [6.45, 7) is 2.17. The summed E-state index contributed by atoms with van der Waals surface area (Å²) < 4.78 is 32.7. The van der Waals surface area contributed by atoms with E-state index in [2.05, 4.69) is 14.9 Å². The first-order valence-corrected chi connectivity index (χ1v) is 10.0. The Bertz CT molecular complexity index is 985. The summed E-state index contributed by atoms with van der Waals surface area (Å²) in [7, 11) is -3.57. The molecule has 1 aromatic heterocycles. The van der Waals surface area contributed by atoms with Gasteiger partial charge in [0.2, 0.25) is 21.8 Å². The van der Waals surface area contributed by atoms with Crippen molar-refractivity contribution in [2.45, 2.75) is 24.7 Å². The van der Waals surface area contributed by atoms with Gasteiger partial charge in [0, 0.05) is 13.0 Å². The fraction of sp³-hybridized carbons (Fsp3) is 0.222. The molecule has 0 bridgehead atoms. The van der Waals surface area contributed by atoms with Crippen molar-refractivity contribution in [1.82, 2.24) is 14.9 Å². The Morgan fingerprint density at radius 1 is 1.08 bits per heavy atom. The highest BCUT2D eigenvalue weighted by atomic mass is 35.5. The standard InChI is InChI=1S/C18H18ClN3O3S/c1-2-13-7-9-14(10-8-13)26(23,24)20-12-11-17-21-22-18(25-17)15-5-3-4-6-16(15)19/h3-10,20H,2,11-12H2,1H3. The van der Waals surface area contributed by atoms with Gasteiger partial charge in [-0.2, -0.15) is 0 Å². The van der Waals surface area contributed by atoms with Crippen LogP contribution in [0.3, 0.4) is 0 Å². The zero-order valence-corrected chi connectivity index (χ0v) is 15.7. The number of benzene rings is 2. The van der Waals surface area contributed by atoms with Gasteiger partial charge in [0.25, 0.3) is 0 Å². The van der Waals surface area contributed by atoms with Crippen molar-refractivity contribution >= 4 is 21.6 Å². The zero-order valence-electron chi connectivity index (χ0n) is 14.1. The lowest BCUT2D eigenvalue weighted by molar-refractivity contribution is 0.502. The van der Waals surface area contributed by atoms with E-state index in [1.807, 2.05) is 31.2 Å². The fourth-order valence-corrected chi connectivity index (χ4v) is 3.63. The lowest BCUT2D eigenvalue weighted by Crippen LogP contribution is -2.26. The minimum atomic E-state index is -3.57. The fourth-order valence-electron chi connectivity index (χ4n) is 2.38. The molecule has 6 nitrogen and oxygen atoms in total. The number of sulfonamides is 1. The van der Waals surface area contributed by atoms with E-state index in [0.717, 1.165) is 12.0 Å². The molecular weight excluding hydrogens is 374 g/mol. The predicted octanol–water partition coefficient (Wildman–Crippen LogP) is 3.47. The summed E-state index contributed by atoms with van der Waals surface area (Å²) in [5.41, 5.74) is 1.73. The van der Waals surface area contributed by atoms with Gasteiger partial charge in [0.05, 0.1) is 15.5 Å². The third kappa shape index (κ3) is 4.30. The molecule has 1 heterocycles. The summed E-state index contributed by atoms with van der Waals surface area (Å²) in [6, 6.07) is 14.0. The number of nitrogens with zero attached hydrogens (tertiary/aromatic N) is 2. The van der Waals surface area contributed by atoms with E-state index in [-0.39, 0.29) is 17.9 Å². The SMILES string of the molecule is CCc1ccc(S(=O)(=O)NCCc2nnc(-c3ccccc3Cl)o2)cc1. The average Bonchev–Trinajstić information content (AvgIpc) is 3.10. The number of rotatable bonds is 7. The van der Waals surface area contributed by atoms with Crippen LogP contribution in [0, 0.1) is 0 Å². The molecule has 3 rings (SSSR count). The number of aryl methyl sites for hydroxylation is 1. The van der Waals surface area contributed by atoms with Gasteiger partial charge in [0.15, 0.2) is 0 Å². The monoisotopic (exact) mass is 391 g/mol. The summed E-state index contributed by atoms with van der Waals surface area (Å²) in [5.74, 6) is 0.646. The summed E-state index contributed by atoms with van der Waals surface area (Å²) in [5, 5.41) is 8.41. The summed E-state index contributed by atoms with van der Waals surface area (Å²) in [6.07, 6.45) is 1.14. The van der Waals surface area contributed by atoms with Crippen LogP contribution in [-0.4, -0.2) is 25.2 Å². The molecule has 0 unspecified atom stereocenters. The van der Waals surface area contributed by atoms with Gasteiger partial charge in [-0.3, -0.25) is 0 Å². The number of aromatic nitrogens is 2. The Balaban J connectivity index is 1.62. The van der Waals surface area contributed by atoms with E-state index >= 15 is 0 Å². The quantitative estimate of drug-likeness (QED) is 0.666. The lowest BCUT2D eigenvalue weighted by atomic mass is 10.2. The minimum absolute atomic E-state index is 0.155. The Hall–Kier alpha value is -2.22. The first kappa shape index (κ1) is 18.6. The molecule has 2 aromatic carbocycles. The number of halogens is 1. The molecule has 0 saturated carbocycles. The molecule has 0 atom stereocenters. The van der Waals surface area contributed by atoms with Crippen LogP contribution in [0.2, 0.25) is 5.02 Å². The van der Waals surface area contributed by atoms with Crippen LogP contribution in [0.25, 0.3) is 11.5 Å². The normalized spacial score (nSPS) is 11.6. The van der Waals surface area contributed by atoms with Crippen LogP contribution >= 0.6 is 11.6 Å². The Morgan fingerprint density at radius 3 is 2.50 bits per heavy atom. The summed E-state index contributed by atoms with van der Waals surface area (Å²) in [4.78, 5) is 0.233. The second-order valence-electron chi connectivity index (χ2n) is 5.63. The van der Waals surface area contributed by atoms with Crippen molar-refractivity contribution < 1.29 is 12.8 Å². The molecule has 0 aliphatic carbocycles. The van der Waals surface area contributed by atoms with Gasteiger partial charge in [0.1, 0.15) is 0 Å². The highest BCUT2D eigenvalue weighted by Gasteiger charge is 2.15. The van der Waals surface area contributed by atoms with Crippen LogP contribution in [0.4, 0.5) is 0 Å². The highest BCUT2D eigenvalue weighted by molar-refractivity contribution is 7.89. The Labute approximate surface area is 157 Å². The van der Waals surface area contributed by atoms with Gasteiger partial charge in [-0.15, -0.1) is 10.2 Å². The lowest BCUT2D eigenvalue weighted by Gasteiger charge is -2.06. The average molecular weight is 392 g/mol. The molecular formula is C18H18ClN3O3S. The van der Waals surface area contributed by atoms with E-state index in [1.54, 1.807) is 24.3 Å². The topological polar surface area (TPSA) is 85.1 Å². The van der Waals surface area contributed by atoms with Crippen molar-refractivity contribution in [1.29, 1.82) is 0 Å². The number of nitrogens with one attached hydrogen (secondary N) is 1. The molecule has 26 heavy (non-hydrogen) atoms. The van der Waals surface area contributed by atoms with Gasteiger partial charge in [-0.05, 0) is 36.2 Å². The second kappa shape index (κ2) is 7.99. The van der Waals surface area contributed by atoms with Crippen LogP contribution in [-0.2, 0) is 22.9 Å². The van der Waals surface area contributed by atoms with Crippen LogP contribution in [0.1, 0.15) is 18.4 Å². The van der Waals surface area contributed by atoms with Gasteiger partial charge >= 0.3 is 0 Å². The predicted molar refractivity (Wildman–Crippen MR) is 99.5 cm³/mol. The molecule has 0 fully saturated rings. The first-order valence-electron chi connectivity index (χ1n) is 8.15. The zero-order chi connectivity index (χ0) is 18.6. The maximum absolute atomic E-state index is 12.3. The van der Waals surface area contributed by atoms with Gasteiger partial charge in [-0.25, -0.2) is 13.1 Å². The maximum atomic E-state index is 12.3. The van der Waals surface area contributed by atoms with Crippen LogP contribution in [0.5, 0.6) is 0 Å². The summed E-state index contributed by atoms with van der Waals surface area (Å²) >= 11 is 6.10. The van der Waals surface area contributed by atoms with E-state index in [0.29, 0.717) is 22.4 Å². The van der Waals surface area contributed by atoms with E-state index in [9.17, 15) is 8.42 Å². The molecule has 0 spiro atoms. The third-order valence-electron chi connectivity index (χ3n) is 3.84. The molecule has 0 radical (unpaired) electrons. The maximum Gasteiger partial charge on any atom is 0.249 e. The number of hydrogen-bond donors (Lipinski definition) is 1. The van der Waals surface area contributed by atoms with Gasteiger partial charge < -0.3 is 4.42 Å². The first-order chi connectivity index (χ1) is 12.5. The van der Waals surface area contributed by atoms with Crippen LogP contribution in [0.15, 0.2) is 57.8 Å². The van der Waals surface area contributed by atoms with Gasteiger partial charge in [-0.1, -0.05) is 42.8 Å². The van der Waals surface area contributed by atoms with Crippen molar-refractivity contribution in [3.63, 3.8) is 0 Å². The molecule has 8 heteroatoms. The molecule has 136 valence electrons. The highest BCUT2D eigenvalue weighted by Crippen LogP contribution is 2.26. The van der Waals surface area contributed by atoms with E-state index < -0.39 is 10.0 Å².